The number of hydrogen-bond donors (Lipinski definition) is 1. The number of benzene rings is 1. The maximum absolute atomic E-state index is 13.1. The van der Waals surface area contributed by atoms with Crippen LogP contribution in [0.3, 0.4) is 0 Å². The Kier molecular flexibility index (Phi) is 5.60. The molecule has 1 saturated heterocycles. The topological polar surface area (TPSA) is 58.6 Å². The Morgan fingerprint density at radius 3 is 2.68 bits per heavy atom. The molecule has 0 unspecified atom stereocenters. The van der Waals surface area contributed by atoms with E-state index >= 15 is 0 Å². The first-order chi connectivity index (χ1) is 10.5. The monoisotopic (exact) mass is 328 g/mol. The molecule has 1 aliphatic rings. The van der Waals surface area contributed by atoms with Crippen molar-refractivity contribution in [1.82, 2.24) is 10.2 Å². The van der Waals surface area contributed by atoms with E-state index in [9.17, 15) is 14.0 Å². The average Bonchev–Trinajstić information content (AvgIpc) is 2.51. The molecule has 0 aliphatic carbocycles. The van der Waals surface area contributed by atoms with E-state index in [1.165, 1.54) is 18.2 Å². The van der Waals surface area contributed by atoms with Gasteiger partial charge in [-0.3, -0.25) is 4.79 Å². The van der Waals surface area contributed by atoms with Gasteiger partial charge in [0.15, 0.2) is 0 Å². The second kappa shape index (κ2) is 7.45. The molecule has 5 nitrogen and oxygen atoms in total. The maximum Gasteiger partial charge on any atom is 0.409 e. The fourth-order valence-electron chi connectivity index (χ4n) is 2.33. The van der Waals surface area contributed by atoms with Crippen LogP contribution >= 0.6 is 11.6 Å². The van der Waals surface area contributed by atoms with Crippen LogP contribution in [-0.4, -0.2) is 42.6 Å². The van der Waals surface area contributed by atoms with Gasteiger partial charge in [0, 0.05) is 24.7 Å². The van der Waals surface area contributed by atoms with Gasteiger partial charge in [-0.2, -0.15) is 0 Å². The number of amides is 2. The molecule has 0 bridgehead atoms. The van der Waals surface area contributed by atoms with Gasteiger partial charge < -0.3 is 15.0 Å². The van der Waals surface area contributed by atoms with Gasteiger partial charge in [-0.05, 0) is 38.0 Å². The van der Waals surface area contributed by atoms with Crippen LogP contribution in [0.1, 0.15) is 30.1 Å². The van der Waals surface area contributed by atoms with Crippen molar-refractivity contribution in [1.29, 1.82) is 0 Å². The average molecular weight is 329 g/mol. The molecule has 0 saturated carbocycles. The summed E-state index contributed by atoms with van der Waals surface area (Å²) in [5.74, 6) is -0.850. The zero-order valence-corrected chi connectivity index (χ0v) is 13.0. The van der Waals surface area contributed by atoms with Gasteiger partial charge in [-0.15, -0.1) is 0 Å². The van der Waals surface area contributed by atoms with Gasteiger partial charge in [0.1, 0.15) is 5.82 Å². The second-order valence-electron chi connectivity index (χ2n) is 5.06. The molecule has 7 heteroatoms. The lowest BCUT2D eigenvalue weighted by atomic mass is 10.0. The molecular formula is C15H18ClFN2O3. The van der Waals surface area contributed by atoms with E-state index in [0.717, 1.165) is 0 Å². The number of likely N-dealkylation sites (tertiary alicyclic amines) is 1. The Morgan fingerprint density at radius 1 is 1.41 bits per heavy atom. The first-order valence-electron chi connectivity index (χ1n) is 7.19. The largest absolute Gasteiger partial charge is 0.450 e. The Hall–Kier alpha value is -1.82. The summed E-state index contributed by atoms with van der Waals surface area (Å²) in [6, 6.07) is 3.84. The van der Waals surface area contributed by atoms with Crippen LogP contribution in [0.2, 0.25) is 5.02 Å². The molecular weight excluding hydrogens is 311 g/mol. The third kappa shape index (κ3) is 4.10. The summed E-state index contributed by atoms with van der Waals surface area (Å²) in [7, 11) is 0. The van der Waals surface area contributed by atoms with E-state index < -0.39 is 5.82 Å². The van der Waals surface area contributed by atoms with Crippen LogP contribution in [0.5, 0.6) is 0 Å². The van der Waals surface area contributed by atoms with Crippen molar-refractivity contribution in [3.05, 3.63) is 34.6 Å². The predicted molar refractivity (Wildman–Crippen MR) is 80.5 cm³/mol. The third-order valence-corrected chi connectivity index (χ3v) is 3.83. The molecule has 1 aromatic rings. The van der Waals surface area contributed by atoms with Crippen LogP contribution in [0.4, 0.5) is 9.18 Å². The van der Waals surface area contributed by atoms with E-state index in [0.29, 0.717) is 38.1 Å². The third-order valence-electron chi connectivity index (χ3n) is 3.54. The molecule has 1 aromatic carbocycles. The van der Waals surface area contributed by atoms with Crippen LogP contribution in [0.25, 0.3) is 0 Å². The van der Waals surface area contributed by atoms with Crippen molar-refractivity contribution < 1.29 is 18.7 Å². The Labute approximate surface area is 133 Å². The standard InChI is InChI=1S/C15H18ClFN2O3/c1-2-22-15(21)19-7-5-11(6-8-19)18-14(20)10-3-4-13(17)12(16)9-10/h3-4,9,11H,2,5-8H2,1H3,(H,18,20). The predicted octanol–water partition coefficient (Wildman–Crippen LogP) is 2.83. The summed E-state index contributed by atoms with van der Waals surface area (Å²) in [6.45, 7) is 3.18. The fraction of sp³-hybridized carbons (Fsp3) is 0.467. The first kappa shape index (κ1) is 16.5. The molecule has 0 spiro atoms. The number of hydrogen-bond acceptors (Lipinski definition) is 3. The molecule has 0 aromatic heterocycles. The summed E-state index contributed by atoms with van der Waals surface area (Å²) in [5, 5.41) is 2.80. The van der Waals surface area contributed by atoms with E-state index in [1.807, 2.05) is 0 Å². The quantitative estimate of drug-likeness (QED) is 0.928. The number of ether oxygens (including phenoxy) is 1. The molecule has 22 heavy (non-hydrogen) atoms. The molecule has 0 radical (unpaired) electrons. The summed E-state index contributed by atoms with van der Waals surface area (Å²) in [5.41, 5.74) is 0.319. The highest BCUT2D eigenvalue weighted by Gasteiger charge is 2.24. The van der Waals surface area contributed by atoms with Crippen molar-refractivity contribution in [3.8, 4) is 0 Å². The van der Waals surface area contributed by atoms with Gasteiger partial charge in [-0.25, -0.2) is 9.18 Å². The van der Waals surface area contributed by atoms with Gasteiger partial charge in [0.25, 0.3) is 5.91 Å². The summed E-state index contributed by atoms with van der Waals surface area (Å²) >= 11 is 5.67. The van der Waals surface area contributed by atoms with Crippen LogP contribution < -0.4 is 5.32 Å². The van der Waals surface area contributed by atoms with Crippen LogP contribution in [0, 0.1) is 5.82 Å². The molecule has 1 heterocycles. The molecule has 0 atom stereocenters. The number of rotatable bonds is 3. The molecule has 120 valence electrons. The summed E-state index contributed by atoms with van der Waals surface area (Å²) < 4.78 is 18.0. The lowest BCUT2D eigenvalue weighted by Crippen LogP contribution is -2.46. The zero-order chi connectivity index (χ0) is 16.1. The summed E-state index contributed by atoms with van der Waals surface area (Å²) in [6.07, 6.45) is 0.983. The lowest BCUT2D eigenvalue weighted by Gasteiger charge is -2.31. The van der Waals surface area contributed by atoms with Gasteiger partial charge >= 0.3 is 6.09 Å². The minimum atomic E-state index is -0.555. The number of nitrogens with one attached hydrogen (secondary N) is 1. The number of carbonyl (C=O) groups excluding carboxylic acids is 2. The molecule has 1 aliphatic heterocycles. The van der Waals surface area contributed by atoms with Crippen molar-refractivity contribution in [2.24, 2.45) is 0 Å². The Bertz CT molecular complexity index is 560. The molecule has 2 rings (SSSR count). The number of piperidine rings is 1. The highest BCUT2D eigenvalue weighted by Crippen LogP contribution is 2.17. The minimum absolute atomic E-state index is 0.0259. The maximum atomic E-state index is 13.1. The Morgan fingerprint density at radius 2 is 2.09 bits per heavy atom. The van der Waals surface area contributed by atoms with E-state index in [2.05, 4.69) is 5.32 Å². The molecule has 1 fully saturated rings. The SMILES string of the molecule is CCOC(=O)N1CCC(NC(=O)c2ccc(F)c(Cl)c2)CC1. The normalized spacial score (nSPS) is 15.5. The van der Waals surface area contributed by atoms with E-state index in [-0.39, 0.29) is 23.1 Å². The number of carbonyl (C=O) groups is 2. The van der Waals surface area contributed by atoms with E-state index in [1.54, 1.807) is 11.8 Å². The second-order valence-corrected chi connectivity index (χ2v) is 5.47. The van der Waals surface area contributed by atoms with E-state index in [4.69, 9.17) is 16.3 Å². The lowest BCUT2D eigenvalue weighted by molar-refractivity contribution is 0.0860. The fourth-order valence-corrected chi connectivity index (χ4v) is 2.51. The number of halogens is 2. The van der Waals surface area contributed by atoms with Crippen molar-refractivity contribution >= 4 is 23.6 Å². The molecule has 1 N–H and O–H groups in total. The number of nitrogens with zero attached hydrogens (tertiary/aromatic N) is 1. The molecule has 2 amide bonds. The van der Waals surface area contributed by atoms with Crippen LogP contribution in [-0.2, 0) is 4.74 Å². The highest BCUT2D eigenvalue weighted by molar-refractivity contribution is 6.31. The van der Waals surface area contributed by atoms with Gasteiger partial charge in [-0.1, -0.05) is 11.6 Å². The van der Waals surface area contributed by atoms with Gasteiger partial charge in [0.2, 0.25) is 0 Å². The smallest absolute Gasteiger partial charge is 0.409 e. The first-order valence-corrected chi connectivity index (χ1v) is 7.56. The Balaban J connectivity index is 1.86. The van der Waals surface area contributed by atoms with Crippen molar-refractivity contribution in [2.45, 2.75) is 25.8 Å². The van der Waals surface area contributed by atoms with Crippen LogP contribution in [0.15, 0.2) is 18.2 Å². The highest BCUT2D eigenvalue weighted by atomic mass is 35.5. The van der Waals surface area contributed by atoms with Gasteiger partial charge in [0.05, 0.1) is 11.6 Å². The zero-order valence-electron chi connectivity index (χ0n) is 12.3. The summed E-state index contributed by atoms with van der Waals surface area (Å²) in [4.78, 5) is 25.3. The minimum Gasteiger partial charge on any atom is -0.450 e. The van der Waals surface area contributed by atoms with Crippen molar-refractivity contribution in [2.75, 3.05) is 19.7 Å². The van der Waals surface area contributed by atoms with Crippen molar-refractivity contribution in [3.63, 3.8) is 0 Å².